The average molecular weight is 396 g/mol. The maximum atomic E-state index is 12.9. The topological polar surface area (TPSA) is 88.6 Å². The molecule has 1 aliphatic heterocycles. The number of hydrogen-bond acceptors (Lipinski definition) is 6. The lowest BCUT2D eigenvalue weighted by atomic mass is 10.2. The van der Waals surface area contributed by atoms with E-state index in [0.717, 1.165) is 25.0 Å². The number of aryl methyl sites for hydroxylation is 1. The highest BCUT2D eigenvalue weighted by molar-refractivity contribution is 7.89. The third kappa shape index (κ3) is 3.89. The lowest BCUT2D eigenvalue weighted by Crippen LogP contribution is -2.35. The first kappa shape index (κ1) is 18.8. The third-order valence-corrected chi connectivity index (χ3v) is 6.98. The number of nitrogens with zero attached hydrogens (tertiary/aromatic N) is 2. The number of benzene rings is 1. The number of hydrogen-bond donors (Lipinski definition) is 1. The van der Waals surface area contributed by atoms with Crippen LogP contribution in [0, 0.1) is 6.92 Å². The van der Waals surface area contributed by atoms with Gasteiger partial charge in [-0.2, -0.15) is 4.31 Å². The normalized spacial score (nSPS) is 15.6. The van der Waals surface area contributed by atoms with Crippen molar-refractivity contribution in [3.8, 4) is 5.75 Å². The van der Waals surface area contributed by atoms with Gasteiger partial charge in [0.2, 0.25) is 10.0 Å². The van der Waals surface area contributed by atoms with Crippen molar-refractivity contribution < 1.29 is 17.9 Å². The Morgan fingerprint density at radius 1 is 1.27 bits per heavy atom. The minimum absolute atomic E-state index is 0.0978. The van der Waals surface area contributed by atoms with E-state index in [1.165, 1.54) is 41.0 Å². The summed E-state index contributed by atoms with van der Waals surface area (Å²) in [4.78, 5) is 16.9. The van der Waals surface area contributed by atoms with E-state index in [2.05, 4.69) is 10.3 Å². The van der Waals surface area contributed by atoms with Crippen LogP contribution in [0.15, 0.2) is 28.5 Å². The van der Waals surface area contributed by atoms with Crippen molar-refractivity contribution in [1.29, 1.82) is 0 Å². The molecule has 140 valence electrons. The van der Waals surface area contributed by atoms with Crippen LogP contribution in [0.1, 0.15) is 35.3 Å². The van der Waals surface area contributed by atoms with Gasteiger partial charge in [-0.3, -0.25) is 10.1 Å². The zero-order valence-electron chi connectivity index (χ0n) is 14.7. The van der Waals surface area contributed by atoms with Crippen LogP contribution < -0.4 is 10.1 Å². The fraction of sp³-hybridized carbons (Fsp3) is 0.412. The molecule has 0 bridgehead atoms. The lowest BCUT2D eigenvalue weighted by Gasteiger charge is -2.26. The van der Waals surface area contributed by atoms with Crippen molar-refractivity contribution in [2.45, 2.75) is 31.1 Å². The number of piperidine rings is 1. The summed E-state index contributed by atoms with van der Waals surface area (Å²) in [6.07, 6.45) is 2.74. The van der Waals surface area contributed by atoms with E-state index in [0.29, 0.717) is 24.0 Å². The molecule has 1 aromatic heterocycles. The summed E-state index contributed by atoms with van der Waals surface area (Å²) in [5.74, 6) is -0.139. The molecule has 0 atom stereocenters. The molecule has 0 saturated carbocycles. The second-order valence-electron chi connectivity index (χ2n) is 6.07. The SMILES string of the molecule is COc1ccc(S(=O)(=O)N2CCCCC2)cc1C(=O)Nc1nc(C)cs1. The number of rotatable bonds is 5. The third-order valence-electron chi connectivity index (χ3n) is 4.21. The van der Waals surface area contributed by atoms with E-state index in [1.807, 2.05) is 12.3 Å². The molecule has 26 heavy (non-hydrogen) atoms. The van der Waals surface area contributed by atoms with Crippen LogP contribution in [0.5, 0.6) is 5.75 Å². The van der Waals surface area contributed by atoms with Gasteiger partial charge in [0.25, 0.3) is 5.91 Å². The van der Waals surface area contributed by atoms with Crippen LogP contribution in [-0.2, 0) is 10.0 Å². The average Bonchev–Trinajstić information content (AvgIpc) is 3.06. The molecule has 1 N–H and O–H groups in total. The molecule has 0 unspecified atom stereocenters. The predicted molar refractivity (Wildman–Crippen MR) is 100 cm³/mol. The zero-order valence-corrected chi connectivity index (χ0v) is 16.3. The summed E-state index contributed by atoms with van der Waals surface area (Å²) in [6.45, 7) is 2.85. The van der Waals surface area contributed by atoms with Crippen molar-refractivity contribution in [3.63, 3.8) is 0 Å². The van der Waals surface area contributed by atoms with Crippen LogP contribution in [0.3, 0.4) is 0 Å². The molecule has 1 fully saturated rings. The largest absolute Gasteiger partial charge is 0.496 e. The van der Waals surface area contributed by atoms with Crippen LogP contribution in [0.2, 0.25) is 0 Å². The number of anilines is 1. The zero-order chi connectivity index (χ0) is 18.7. The van der Waals surface area contributed by atoms with Gasteiger partial charge in [-0.05, 0) is 38.0 Å². The van der Waals surface area contributed by atoms with Gasteiger partial charge in [0, 0.05) is 18.5 Å². The van der Waals surface area contributed by atoms with Gasteiger partial charge in [-0.1, -0.05) is 6.42 Å². The number of ether oxygens (including phenoxy) is 1. The molecule has 1 amide bonds. The Morgan fingerprint density at radius 3 is 2.62 bits per heavy atom. The quantitative estimate of drug-likeness (QED) is 0.841. The highest BCUT2D eigenvalue weighted by atomic mass is 32.2. The van der Waals surface area contributed by atoms with Crippen molar-refractivity contribution >= 4 is 32.4 Å². The summed E-state index contributed by atoms with van der Waals surface area (Å²) in [6, 6.07) is 4.37. The van der Waals surface area contributed by atoms with Crippen molar-refractivity contribution in [1.82, 2.24) is 9.29 Å². The number of thiazole rings is 1. The number of sulfonamides is 1. The van der Waals surface area contributed by atoms with Crippen molar-refractivity contribution in [2.75, 3.05) is 25.5 Å². The molecule has 1 saturated heterocycles. The maximum absolute atomic E-state index is 12.9. The highest BCUT2D eigenvalue weighted by Gasteiger charge is 2.27. The molecule has 0 aliphatic carbocycles. The summed E-state index contributed by atoms with van der Waals surface area (Å²) in [5.41, 5.74) is 0.970. The second kappa shape index (κ2) is 7.73. The van der Waals surface area contributed by atoms with Crippen molar-refractivity contribution in [3.05, 3.63) is 34.8 Å². The Balaban J connectivity index is 1.92. The molecule has 0 radical (unpaired) electrons. The van der Waals surface area contributed by atoms with E-state index in [9.17, 15) is 13.2 Å². The smallest absolute Gasteiger partial charge is 0.261 e. The number of methoxy groups -OCH3 is 1. The lowest BCUT2D eigenvalue weighted by molar-refractivity contribution is 0.102. The van der Waals surface area contributed by atoms with E-state index in [-0.39, 0.29) is 10.5 Å². The van der Waals surface area contributed by atoms with Gasteiger partial charge in [0.05, 0.1) is 23.3 Å². The van der Waals surface area contributed by atoms with E-state index in [4.69, 9.17) is 4.74 Å². The highest BCUT2D eigenvalue weighted by Crippen LogP contribution is 2.27. The first-order valence-corrected chi connectivity index (χ1v) is 10.7. The van der Waals surface area contributed by atoms with Crippen LogP contribution in [0.4, 0.5) is 5.13 Å². The fourth-order valence-electron chi connectivity index (χ4n) is 2.86. The van der Waals surface area contributed by atoms with Gasteiger partial charge in [0.1, 0.15) is 5.75 Å². The van der Waals surface area contributed by atoms with Crippen LogP contribution in [-0.4, -0.2) is 43.8 Å². The minimum Gasteiger partial charge on any atom is -0.496 e. The Hall–Kier alpha value is -1.97. The maximum Gasteiger partial charge on any atom is 0.261 e. The molecule has 3 rings (SSSR count). The minimum atomic E-state index is -3.63. The van der Waals surface area contributed by atoms with E-state index in [1.54, 1.807) is 0 Å². The second-order valence-corrected chi connectivity index (χ2v) is 8.87. The Bertz CT molecular complexity index is 902. The molecule has 1 aliphatic rings. The number of nitrogens with one attached hydrogen (secondary N) is 1. The fourth-order valence-corrected chi connectivity index (χ4v) is 5.08. The van der Waals surface area contributed by atoms with Gasteiger partial charge in [-0.15, -0.1) is 11.3 Å². The molecule has 2 aromatic rings. The monoisotopic (exact) mass is 395 g/mol. The summed E-state index contributed by atoms with van der Waals surface area (Å²) >= 11 is 1.31. The van der Waals surface area contributed by atoms with Gasteiger partial charge in [-0.25, -0.2) is 13.4 Å². The predicted octanol–water partition coefficient (Wildman–Crippen LogP) is 2.89. The van der Waals surface area contributed by atoms with E-state index >= 15 is 0 Å². The first-order valence-electron chi connectivity index (χ1n) is 8.33. The number of carbonyl (C=O) groups excluding carboxylic acids is 1. The molecule has 1 aromatic carbocycles. The Labute approximate surface area is 157 Å². The molecule has 9 heteroatoms. The Morgan fingerprint density at radius 2 is 2.00 bits per heavy atom. The molecular weight excluding hydrogens is 374 g/mol. The number of amides is 1. The van der Waals surface area contributed by atoms with E-state index < -0.39 is 15.9 Å². The summed E-state index contributed by atoms with van der Waals surface area (Å²) < 4.78 is 32.4. The van der Waals surface area contributed by atoms with Gasteiger partial charge >= 0.3 is 0 Å². The number of aromatic nitrogens is 1. The van der Waals surface area contributed by atoms with Gasteiger partial charge in [0.15, 0.2) is 5.13 Å². The van der Waals surface area contributed by atoms with Crippen molar-refractivity contribution in [2.24, 2.45) is 0 Å². The summed E-state index contributed by atoms with van der Waals surface area (Å²) in [7, 11) is -2.18. The summed E-state index contributed by atoms with van der Waals surface area (Å²) in [5, 5.41) is 4.97. The Kier molecular flexibility index (Phi) is 5.59. The van der Waals surface area contributed by atoms with Gasteiger partial charge < -0.3 is 4.74 Å². The molecule has 0 spiro atoms. The molecule has 7 nitrogen and oxygen atoms in total. The first-order chi connectivity index (χ1) is 12.4. The molecular formula is C17H21N3O4S2. The van der Waals surface area contributed by atoms with Crippen LogP contribution >= 0.6 is 11.3 Å². The van der Waals surface area contributed by atoms with Crippen LogP contribution in [0.25, 0.3) is 0 Å². The molecule has 2 heterocycles. The standard InChI is InChI=1S/C17H21N3O4S2/c1-12-11-25-17(18-12)19-16(21)14-10-13(6-7-15(14)24-2)26(22,23)20-8-4-3-5-9-20/h6-7,10-11H,3-5,8-9H2,1-2H3,(H,18,19,21). The number of carbonyl (C=O) groups is 1.